The van der Waals surface area contributed by atoms with Crippen LogP contribution in [0, 0.1) is 17.6 Å². The molecule has 1 aromatic heterocycles. The van der Waals surface area contributed by atoms with E-state index in [2.05, 4.69) is 20.9 Å². The number of nitrogens with zero attached hydrogens (tertiary/aromatic N) is 1. The third kappa shape index (κ3) is 6.25. The average molecular weight is 488 g/mol. The molecule has 3 aromatic rings. The standard InChI is InChI=1S/C24H20F4N4O3/c1-24(27,28)17-10-14(4-6-18(17)25)30-23(34)31-20-7-5-15(11-19(20)26)35-16-8-9-29-21(12-16)32-22(33)13-2-3-13/h4-13H,2-3H2,1H3,(H,29,32,33)(H2,30,31,34). The van der Waals surface area contributed by atoms with Crippen LogP contribution >= 0.6 is 0 Å². The number of ether oxygens (including phenoxy) is 1. The van der Waals surface area contributed by atoms with Gasteiger partial charge in [-0.25, -0.2) is 27.3 Å². The lowest BCUT2D eigenvalue weighted by Crippen LogP contribution is -2.21. The number of benzene rings is 2. The molecule has 0 bridgehead atoms. The van der Waals surface area contributed by atoms with E-state index in [1.165, 1.54) is 30.5 Å². The number of nitrogens with one attached hydrogen (secondary N) is 3. The zero-order chi connectivity index (χ0) is 25.2. The van der Waals surface area contributed by atoms with E-state index in [4.69, 9.17) is 4.74 Å². The van der Waals surface area contributed by atoms with Gasteiger partial charge < -0.3 is 20.7 Å². The minimum Gasteiger partial charge on any atom is -0.457 e. The number of urea groups is 1. The van der Waals surface area contributed by atoms with Crippen molar-refractivity contribution in [1.82, 2.24) is 4.98 Å². The first-order chi connectivity index (χ1) is 16.6. The Morgan fingerprint density at radius 3 is 2.37 bits per heavy atom. The number of hydrogen-bond acceptors (Lipinski definition) is 4. The van der Waals surface area contributed by atoms with Gasteiger partial charge in [-0.2, -0.15) is 0 Å². The van der Waals surface area contributed by atoms with E-state index >= 15 is 0 Å². The van der Waals surface area contributed by atoms with Gasteiger partial charge in [-0.3, -0.25) is 4.79 Å². The first-order valence-electron chi connectivity index (χ1n) is 10.6. The van der Waals surface area contributed by atoms with Crippen LogP contribution in [-0.4, -0.2) is 16.9 Å². The van der Waals surface area contributed by atoms with E-state index in [0.717, 1.165) is 37.1 Å². The van der Waals surface area contributed by atoms with E-state index in [1.54, 1.807) is 0 Å². The predicted molar refractivity (Wildman–Crippen MR) is 121 cm³/mol. The highest BCUT2D eigenvalue weighted by molar-refractivity contribution is 6.00. The Hall–Kier alpha value is -4.15. The molecule has 0 unspecified atom stereocenters. The Labute approximate surface area is 197 Å². The van der Waals surface area contributed by atoms with Gasteiger partial charge in [-0.05, 0) is 49.2 Å². The minimum atomic E-state index is -3.45. The molecular weight excluding hydrogens is 468 g/mol. The maximum absolute atomic E-state index is 14.5. The Morgan fingerprint density at radius 2 is 1.69 bits per heavy atom. The smallest absolute Gasteiger partial charge is 0.323 e. The zero-order valence-electron chi connectivity index (χ0n) is 18.4. The molecule has 4 rings (SSSR count). The van der Waals surface area contributed by atoms with Gasteiger partial charge in [-0.1, -0.05) is 0 Å². The molecule has 0 aliphatic heterocycles. The van der Waals surface area contributed by atoms with Crippen LogP contribution in [0.2, 0.25) is 0 Å². The van der Waals surface area contributed by atoms with E-state index < -0.39 is 29.2 Å². The van der Waals surface area contributed by atoms with Gasteiger partial charge in [0.2, 0.25) is 5.91 Å². The molecule has 7 nitrogen and oxygen atoms in total. The van der Waals surface area contributed by atoms with Crippen LogP contribution < -0.4 is 20.7 Å². The second-order valence-corrected chi connectivity index (χ2v) is 8.05. The van der Waals surface area contributed by atoms with Crippen LogP contribution in [0.1, 0.15) is 25.3 Å². The summed E-state index contributed by atoms with van der Waals surface area (Å²) in [5, 5.41) is 7.19. The van der Waals surface area contributed by atoms with E-state index in [9.17, 15) is 27.2 Å². The van der Waals surface area contributed by atoms with Crippen molar-refractivity contribution >= 4 is 29.1 Å². The number of anilines is 3. The van der Waals surface area contributed by atoms with Gasteiger partial charge in [0.05, 0.1) is 11.3 Å². The molecule has 0 radical (unpaired) electrons. The molecule has 2 aromatic carbocycles. The third-order valence-corrected chi connectivity index (χ3v) is 5.05. The molecule has 0 atom stereocenters. The maximum Gasteiger partial charge on any atom is 0.323 e. The lowest BCUT2D eigenvalue weighted by Gasteiger charge is -2.14. The number of aromatic nitrogens is 1. The van der Waals surface area contributed by atoms with Gasteiger partial charge >= 0.3 is 6.03 Å². The van der Waals surface area contributed by atoms with Crippen LogP contribution in [0.4, 0.5) is 39.5 Å². The summed E-state index contributed by atoms with van der Waals surface area (Å²) < 4.78 is 60.7. The van der Waals surface area contributed by atoms with Crippen molar-refractivity contribution in [3.63, 3.8) is 0 Å². The van der Waals surface area contributed by atoms with Crippen molar-refractivity contribution in [2.24, 2.45) is 5.92 Å². The Kier molecular flexibility index (Phi) is 6.59. The van der Waals surface area contributed by atoms with E-state index in [-0.39, 0.29) is 28.9 Å². The Morgan fingerprint density at radius 1 is 0.943 bits per heavy atom. The fraction of sp³-hybridized carbons (Fsp3) is 0.208. The summed E-state index contributed by atoms with van der Waals surface area (Å²) in [4.78, 5) is 28.1. The number of hydrogen-bond donors (Lipinski definition) is 3. The number of rotatable bonds is 7. The van der Waals surface area contributed by atoms with Gasteiger partial charge in [-0.15, -0.1) is 0 Å². The number of pyridine rings is 1. The van der Waals surface area contributed by atoms with Crippen LogP contribution in [-0.2, 0) is 10.7 Å². The van der Waals surface area contributed by atoms with Crippen LogP contribution in [0.5, 0.6) is 11.5 Å². The van der Waals surface area contributed by atoms with Gasteiger partial charge in [0.15, 0.2) is 0 Å². The molecular formula is C24H20F4N4O3. The van der Waals surface area contributed by atoms with Crippen LogP contribution in [0.25, 0.3) is 0 Å². The van der Waals surface area contributed by atoms with Crippen molar-refractivity contribution in [2.45, 2.75) is 25.7 Å². The highest BCUT2D eigenvalue weighted by atomic mass is 19.3. The lowest BCUT2D eigenvalue weighted by molar-refractivity contribution is -0.117. The normalized spacial score (nSPS) is 13.2. The number of halogens is 4. The maximum atomic E-state index is 14.5. The first-order valence-corrected chi connectivity index (χ1v) is 10.6. The monoisotopic (exact) mass is 488 g/mol. The first kappa shape index (κ1) is 24.0. The van der Waals surface area contributed by atoms with Gasteiger partial charge in [0.25, 0.3) is 5.92 Å². The summed E-state index contributed by atoms with van der Waals surface area (Å²) >= 11 is 0. The summed E-state index contributed by atoms with van der Waals surface area (Å²) in [6.07, 6.45) is 3.13. The summed E-state index contributed by atoms with van der Waals surface area (Å²) in [5.41, 5.74) is -1.18. The number of amides is 3. The zero-order valence-corrected chi connectivity index (χ0v) is 18.4. The van der Waals surface area contributed by atoms with Crippen molar-refractivity contribution in [1.29, 1.82) is 0 Å². The summed E-state index contributed by atoms with van der Waals surface area (Å²) in [6, 6.07) is 8.50. The quantitative estimate of drug-likeness (QED) is 0.343. The van der Waals surface area contributed by atoms with E-state index in [0.29, 0.717) is 18.5 Å². The van der Waals surface area contributed by atoms with Gasteiger partial charge in [0, 0.05) is 36.9 Å². The molecule has 1 fully saturated rings. The van der Waals surface area contributed by atoms with Crippen molar-refractivity contribution in [3.05, 3.63) is 71.9 Å². The van der Waals surface area contributed by atoms with Gasteiger partial charge in [0.1, 0.15) is 29.0 Å². The summed E-state index contributed by atoms with van der Waals surface area (Å²) in [5.74, 6) is -4.76. The molecule has 35 heavy (non-hydrogen) atoms. The molecule has 3 N–H and O–H groups in total. The van der Waals surface area contributed by atoms with Crippen LogP contribution in [0.3, 0.4) is 0 Å². The summed E-state index contributed by atoms with van der Waals surface area (Å²) in [7, 11) is 0. The molecule has 1 aliphatic rings. The molecule has 1 aliphatic carbocycles. The molecule has 0 spiro atoms. The highest BCUT2D eigenvalue weighted by Gasteiger charge is 2.30. The molecule has 3 amide bonds. The number of carbonyl (C=O) groups excluding carboxylic acids is 2. The highest BCUT2D eigenvalue weighted by Crippen LogP contribution is 2.32. The SMILES string of the molecule is CC(F)(F)c1cc(NC(=O)Nc2ccc(Oc3ccnc(NC(=O)C4CC4)c3)cc2F)ccc1F. The fourth-order valence-electron chi connectivity index (χ4n) is 3.14. The Balaban J connectivity index is 1.39. The van der Waals surface area contributed by atoms with Crippen molar-refractivity contribution < 1.29 is 31.9 Å². The molecule has 182 valence electrons. The predicted octanol–water partition coefficient (Wildman–Crippen LogP) is 6.26. The average Bonchev–Trinajstić information content (AvgIpc) is 3.62. The summed E-state index contributed by atoms with van der Waals surface area (Å²) in [6.45, 7) is 0.533. The van der Waals surface area contributed by atoms with Crippen molar-refractivity contribution in [3.8, 4) is 11.5 Å². The number of alkyl halides is 2. The third-order valence-electron chi connectivity index (χ3n) is 5.05. The largest absolute Gasteiger partial charge is 0.457 e. The molecule has 1 saturated carbocycles. The topological polar surface area (TPSA) is 92.3 Å². The Bertz CT molecular complexity index is 1280. The molecule has 1 heterocycles. The van der Waals surface area contributed by atoms with Crippen LogP contribution in [0.15, 0.2) is 54.7 Å². The second-order valence-electron chi connectivity index (χ2n) is 8.05. The fourth-order valence-corrected chi connectivity index (χ4v) is 3.14. The van der Waals surface area contributed by atoms with Crippen molar-refractivity contribution in [2.75, 3.05) is 16.0 Å². The van der Waals surface area contributed by atoms with E-state index in [1.807, 2.05) is 0 Å². The molecule has 0 saturated heterocycles. The minimum absolute atomic E-state index is 0.00501. The number of carbonyl (C=O) groups is 2. The second kappa shape index (κ2) is 9.61. The lowest BCUT2D eigenvalue weighted by atomic mass is 10.1. The molecule has 11 heteroatoms.